The van der Waals surface area contributed by atoms with Gasteiger partial charge in [0, 0.05) is 11.1 Å². The zero-order valence-electron chi connectivity index (χ0n) is 10.5. The molecule has 0 aliphatic rings. The number of aryl methyl sites for hydroxylation is 2. The van der Waals surface area contributed by atoms with Crippen LogP contribution < -0.4 is 0 Å². The first-order chi connectivity index (χ1) is 8.88. The Balaban J connectivity index is 2.49. The molecule has 0 radical (unpaired) electrons. The van der Waals surface area contributed by atoms with Crippen molar-refractivity contribution in [3.05, 3.63) is 69.2 Å². The summed E-state index contributed by atoms with van der Waals surface area (Å²) in [6, 6.07) is 6.89. The van der Waals surface area contributed by atoms with Gasteiger partial charge in [-0.1, -0.05) is 17.7 Å². The molecule has 2 aromatic carbocycles. The van der Waals surface area contributed by atoms with Gasteiger partial charge in [-0.15, -0.1) is 11.6 Å². The van der Waals surface area contributed by atoms with Crippen LogP contribution in [0.3, 0.4) is 0 Å². The van der Waals surface area contributed by atoms with Crippen LogP contribution in [0.4, 0.5) is 8.78 Å². The van der Waals surface area contributed by atoms with Crippen LogP contribution >= 0.6 is 23.2 Å². The number of rotatable bonds is 2. The Kier molecular flexibility index (Phi) is 4.12. The molecule has 2 aromatic rings. The first-order valence-electron chi connectivity index (χ1n) is 5.75. The maximum atomic E-state index is 13.2. The summed E-state index contributed by atoms with van der Waals surface area (Å²) in [5, 5.41) is -0.190. The van der Waals surface area contributed by atoms with E-state index in [1.165, 1.54) is 12.1 Å². The minimum Gasteiger partial charge on any atom is -0.207 e. The number of alkyl halides is 1. The second-order valence-corrected chi connectivity index (χ2v) is 5.37. The topological polar surface area (TPSA) is 0 Å². The molecule has 0 spiro atoms. The number of hydrogen-bond acceptors (Lipinski definition) is 0. The minimum absolute atomic E-state index is 0.351. The Labute approximate surface area is 121 Å². The Morgan fingerprint density at radius 1 is 0.895 bits per heavy atom. The van der Waals surface area contributed by atoms with Crippen molar-refractivity contribution in [3.8, 4) is 0 Å². The van der Waals surface area contributed by atoms with Crippen LogP contribution in [0.25, 0.3) is 0 Å². The van der Waals surface area contributed by atoms with Gasteiger partial charge in [0.05, 0.1) is 5.38 Å². The summed E-state index contributed by atoms with van der Waals surface area (Å²) in [5.41, 5.74) is 3.07. The summed E-state index contributed by atoms with van der Waals surface area (Å²) in [5.74, 6) is -1.30. The molecule has 0 heterocycles. The van der Waals surface area contributed by atoms with E-state index in [1.807, 2.05) is 19.9 Å². The van der Waals surface area contributed by atoms with Crippen LogP contribution in [-0.4, -0.2) is 0 Å². The second kappa shape index (κ2) is 5.48. The maximum absolute atomic E-state index is 13.2. The molecule has 0 bridgehead atoms. The molecule has 1 atom stereocenters. The average Bonchev–Trinajstić information content (AvgIpc) is 2.31. The van der Waals surface area contributed by atoms with Crippen LogP contribution in [-0.2, 0) is 0 Å². The molecular weight excluding hydrogens is 289 g/mol. The normalized spacial score (nSPS) is 12.5. The highest BCUT2D eigenvalue weighted by Crippen LogP contribution is 2.35. The highest BCUT2D eigenvalue weighted by atomic mass is 35.5. The fourth-order valence-corrected chi connectivity index (χ4v) is 2.59. The predicted octanol–water partition coefficient (Wildman–Crippen LogP) is 5.56. The van der Waals surface area contributed by atoms with E-state index in [1.54, 1.807) is 6.07 Å². The van der Waals surface area contributed by atoms with Gasteiger partial charge in [-0.05, 0) is 54.3 Å². The van der Waals surface area contributed by atoms with Crippen molar-refractivity contribution in [2.24, 2.45) is 0 Å². The van der Waals surface area contributed by atoms with Gasteiger partial charge in [0.25, 0.3) is 0 Å². The lowest BCUT2D eigenvalue weighted by atomic mass is 9.99. The minimum atomic E-state index is -0.683. The Morgan fingerprint density at radius 2 is 1.42 bits per heavy atom. The number of halogens is 4. The molecule has 0 N–H and O–H groups in total. The molecule has 0 saturated heterocycles. The van der Waals surface area contributed by atoms with Crippen LogP contribution in [0, 0.1) is 25.5 Å². The largest absolute Gasteiger partial charge is 0.207 e. The quantitative estimate of drug-likeness (QED) is 0.637. The van der Waals surface area contributed by atoms with E-state index in [9.17, 15) is 8.78 Å². The molecule has 2 rings (SSSR count). The van der Waals surface area contributed by atoms with E-state index in [2.05, 4.69) is 0 Å². The summed E-state index contributed by atoms with van der Waals surface area (Å²) in [6.45, 7) is 3.88. The SMILES string of the molecule is Cc1cc(Cl)c(C(Cl)c2cc(F)cc(F)c2)cc1C. The standard InChI is InChI=1S/C15H12Cl2F2/c1-8-3-13(14(16)4-9(8)2)15(17)10-5-11(18)7-12(19)6-10/h3-7,15H,1-2H3. The van der Waals surface area contributed by atoms with Crippen LogP contribution in [0.1, 0.15) is 27.6 Å². The zero-order chi connectivity index (χ0) is 14.2. The lowest BCUT2D eigenvalue weighted by Gasteiger charge is -2.14. The van der Waals surface area contributed by atoms with Crippen molar-refractivity contribution in [1.29, 1.82) is 0 Å². The van der Waals surface area contributed by atoms with Gasteiger partial charge in [-0.3, -0.25) is 0 Å². The number of benzene rings is 2. The number of hydrogen-bond donors (Lipinski definition) is 0. The van der Waals surface area contributed by atoms with Crippen molar-refractivity contribution in [2.45, 2.75) is 19.2 Å². The smallest absolute Gasteiger partial charge is 0.126 e. The van der Waals surface area contributed by atoms with E-state index < -0.39 is 17.0 Å². The van der Waals surface area contributed by atoms with Crippen molar-refractivity contribution in [2.75, 3.05) is 0 Å². The van der Waals surface area contributed by atoms with Gasteiger partial charge < -0.3 is 0 Å². The third kappa shape index (κ3) is 3.07. The van der Waals surface area contributed by atoms with E-state index in [0.29, 0.717) is 16.1 Å². The Bertz CT molecular complexity index is 604. The van der Waals surface area contributed by atoms with Crippen molar-refractivity contribution in [3.63, 3.8) is 0 Å². The summed E-state index contributed by atoms with van der Waals surface area (Å²) >= 11 is 12.4. The Morgan fingerprint density at radius 3 is 2.00 bits per heavy atom. The van der Waals surface area contributed by atoms with E-state index >= 15 is 0 Å². The second-order valence-electron chi connectivity index (χ2n) is 4.52. The molecule has 0 nitrogen and oxygen atoms in total. The van der Waals surface area contributed by atoms with Gasteiger partial charge in [0.1, 0.15) is 11.6 Å². The van der Waals surface area contributed by atoms with Gasteiger partial charge in [-0.25, -0.2) is 8.78 Å². The zero-order valence-corrected chi connectivity index (χ0v) is 12.0. The molecule has 0 aliphatic heterocycles. The highest BCUT2D eigenvalue weighted by molar-refractivity contribution is 6.33. The van der Waals surface area contributed by atoms with Crippen LogP contribution in [0.15, 0.2) is 30.3 Å². The monoisotopic (exact) mass is 300 g/mol. The van der Waals surface area contributed by atoms with Crippen LogP contribution in [0.2, 0.25) is 5.02 Å². The third-order valence-corrected chi connectivity index (χ3v) is 3.88. The molecule has 100 valence electrons. The Hall–Kier alpha value is -1.12. The molecule has 0 amide bonds. The lowest BCUT2D eigenvalue weighted by molar-refractivity contribution is 0.580. The van der Waals surface area contributed by atoms with E-state index in [4.69, 9.17) is 23.2 Å². The molecule has 4 heteroatoms. The summed E-state index contributed by atoms with van der Waals surface area (Å²) < 4.78 is 26.4. The third-order valence-electron chi connectivity index (χ3n) is 3.06. The van der Waals surface area contributed by atoms with E-state index in [-0.39, 0.29) is 0 Å². The molecule has 0 aromatic heterocycles. The highest BCUT2D eigenvalue weighted by Gasteiger charge is 2.17. The van der Waals surface area contributed by atoms with Crippen molar-refractivity contribution < 1.29 is 8.78 Å². The molecule has 0 fully saturated rings. The summed E-state index contributed by atoms with van der Waals surface area (Å²) in [7, 11) is 0. The average molecular weight is 301 g/mol. The van der Waals surface area contributed by atoms with Gasteiger partial charge >= 0.3 is 0 Å². The molecule has 0 aliphatic carbocycles. The molecule has 0 saturated carbocycles. The first kappa shape index (κ1) is 14.3. The first-order valence-corrected chi connectivity index (χ1v) is 6.56. The van der Waals surface area contributed by atoms with Crippen LogP contribution in [0.5, 0.6) is 0 Å². The van der Waals surface area contributed by atoms with Gasteiger partial charge in [-0.2, -0.15) is 0 Å². The molecule has 19 heavy (non-hydrogen) atoms. The van der Waals surface area contributed by atoms with E-state index in [0.717, 1.165) is 17.2 Å². The van der Waals surface area contributed by atoms with Crippen molar-refractivity contribution in [1.82, 2.24) is 0 Å². The van der Waals surface area contributed by atoms with Gasteiger partial charge in [0.2, 0.25) is 0 Å². The maximum Gasteiger partial charge on any atom is 0.126 e. The molecular formula is C15H12Cl2F2. The van der Waals surface area contributed by atoms with Gasteiger partial charge in [0.15, 0.2) is 0 Å². The predicted molar refractivity (Wildman–Crippen MR) is 75.0 cm³/mol. The fourth-order valence-electron chi connectivity index (χ4n) is 1.90. The lowest BCUT2D eigenvalue weighted by Crippen LogP contribution is -1.98. The summed E-state index contributed by atoms with van der Waals surface area (Å²) in [4.78, 5) is 0. The molecule has 1 unspecified atom stereocenters. The summed E-state index contributed by atoms with van der Waals surface area (Å²) in [6.07, 6.45) is 0. The van der Waals surface area contributed by atoms with Crippen molar-refractivity contribution >= 4 is 23.2 Å². The fraction of sp³-hybridized carbons (Fsp3) is 0.200.